The van der Waals surface area contributed by atoms with Crippen LogP contribution >= 0.6 is 11.6 Å². The quantitative estimate of drug-likeness (QED) is 0.116. The average molecular weight is 427 g/mol. The molecule has 0 atom stereocenters. The van der Waals surface area contributed by atoms with Gasteiger partial charge in [-0.3, -0.25) is 0 Å². The van der Waals surface area contributed by atoms with Gasteiger partial charge in [0.05, 0.1) is 12.2 Å². The molecule has 0 aliphatic carbocycles. The molecular formula is C28H23ClO2. The van der Waals surface area contributed by atoms with E-state index < -0.39 is 0 Å². The van der Waals surface area contributed by atoms with Gasteiger partial charge >= 0.3 is 5.97 Å². The summed E-state index contributed by atoms with van der Waals surface area (Å²) in [5.74, 6) is 0.107. The number of benzene rings is 5. The predicted molar refractivity (Wildman–Crippen MR) is 129 cm³/mol. The van der Waals surface area contributed by atoms with Gasteiger partial charge in [-0.15, -0.1) is 11.6 Å². The zero-order valence-corrected chi connectivity index (χ0v) is 18.0. The number of alkyl halides is 1. The van der Waals surface area contributed by atoms with Crippen LogP contribution in [0.5, 0.6) is 0 Å². The van der Waals surface area contributed by atoms with Crippen molar-refractivity contribution in [1.29, 1.82) is 0 Å². The van der Waals surface area contributed by atoms with Crippen LogP contribution in [0.1, 0.15) is 34.3 Å². The fraction of sp³-hybridized carbons (Fsp3) is 0.179. The Balaban J connectivity index is 1.26. The molecule has 0 heterocycles. The minimum atomic E-state index is -0.283. The highest BCUT2D eigenvalue weighted by molar-refractivity contribution is 6.23. The number of halogens is 1. The number of hydrogen-bond acceptors (Lipinski definition) is 2. The molecule has 154 valence electrons. The highest BCUT2D eigenvalue weighted by atomic mass is 35.5. The van der Waals surface area contributed by atoms with E-state index in [9.17, 15) is 4.79 Å². The lowest BCUT2D eigenvalue weighted by atomic mass is 9.91. The van der Waals surface area contributed by atoms with Crippen LogP contribution in [-0.2, 0) is 17.0 Å². The molecule has 5 rings (SSSR count). The Labute approximate surface area is 186 Å². The molecule has 0 aliphatic rings. The Bertz CT molecular complexity index is 1360. The minimum Gasteiger partial charge on any atom is -0.462 e. The van der Waals surface area contributed by atoms with Crippen molar-refractivity contribution in [1.82, 2.24) is 0 Å². The molecule has 3 heteroatoms. The molecule has 0 fully saturated rings. The van der Waals surface area contributed by atoms with Gasteiger partial charge in [0.1, 0.15) is 0 Å². The van der Waals surface area contributed by atoms with E-state index in [1.807, 2.05) is 12.1 Å². The number of unbranched alkanes of at least 4 members (excludes halogenated alkanes) is 1. The summed E-state index contributed by atoms with van der Waals surface area (Å²) in [7, 11) is 0. The number of carbonyl (C=O) groups excluding carboxylic acids is 1. The number of rotatable bonds is 7. The highest BCUT2D eigenvalue weighted by Crippen LogP contribution is 2.36. The first kappa shape index (κ1) is 19.8. The Morgan fingerprint density at radius 2 is 1.48 bits per heavy atom. The molecule has 0 aromatic heterocycles. The SMILES string of the molecule is O=C(OCCCCc1ccc2ccc3cccc4ccc1c2c34)c1cccc(CCl)c1. The van der Waals surface area contributed by atoms with Gasteiger partial charge in [0.15, 0.2) is 0 Å². The molecule has 5 aromatic carbocycles. The summed E-state index contributed by atoms with van der Waals surface area (Å²) in [6.07, 6.45) is 2.77. The maximum Gasteiger partial charge on any atom is 0.338 e. The van der Waals surface area contributed by atoms with Crippen LogP contribution in [0.2, 0.25) is 0 Å². The third-order valence-corrected chi connectivity index (χ3v) is 6.32. The van der Waals surface area contributed by atoms with Gasteiger partial charge in [0.2, 0.25) is 0 Å². The van der Waals surface area contributed by atoms with Gasteiger partial charge in [-0.2, -0.15) is 0 Å². The second-order valence-corrected chi connectivity index (χ2v) is 8.28. The largest absolute Gasteiger partial charge is 0.462 e. The maximum atomic E-state index is 12.2. The monoisotopic (exact) mass is 426 g/mol. The summed E-state index contributed by atoms with van der Waals surface area (Å²) in [6, 6.07) is 27.2. The first-order valence-electron chi connectivity index (χ1n) is 10.7. The van der Waals surface area contributed by atoms with Crippen LogP contribution in [0, 0.1) is 0 Å². The average Bonchev–Trinajstić information content (AvgIpc) is 2.82. The summed E-state index contributed by atoms with van der Waals surface area (Å²) in [5, 5.41) is 7.91. The molecule has 5 aromatic rings. The van der Waals surface area contributed by atoms with Gasteiger partial charge in [-0.25, -0.2) is 4.79 Å². The molecule has 0 aliphatic heterocycles. The zero-order chi connectivity index (χ0) is 21.2. The number of esters is 1. The molecule has 0 bridgehead atoms. The molecule has 0 unspecified atom stereocenters. The summed E-state index contributed by atoms with van der Waals surface area (Å²) in [4.78, 5) is 12.2. The van der Waals surface area contributed by atoms with Crippen LogP contribution in [0.4, 0.5) is 0 Å². The second-order valence-electron chi connectivity index (χ2n) is 8.01. The molecule has 0 saturated carbocycles. The fourth-order valence-corrected chi connectivity index (χ4v) is 4.63. The lowest BCUT2D eigenvalue weighted by molar-refractivity contribution is 0.0498. The summed E-state index contributed by atoms with van der Waals surface area (Å²) in [5.41, 5.74) is 2.84. The standard InChI is InChI=1S/C28H23ClO2/c29-18-19-5-3-9-24(17-19)28(30)31-16-2-1-6-20-10-11-23-13-12-21-7-4-8-22-14-15-25(20)27(23)26(21)22/h3-5,7-15,17H,1-2,6,16,18H2. The predicted octanol–water partition coefficient (Wildman–Crippen LogP) is 7.50. The van der Waals surface area contributed by atoms with E-state index in [-0.39, 0.29) is 5.97 Å². The Kier molecular flexibility index (Phi) is 5.48. The lowest BCUT2D eigenvalue weighted by Crippen LogP contribution is -2.07. The normalized spacial score (nSPS) is 11.5. The van der Waals surface area contributed by atoms with Crippen molar-refractivity contribution < 1.29 is 9.53 Å². The van der Waals surface area contributed by atoms with Crippen LogP contribution < -0.4 is 0 Å². The third kappa shape index (κ3) is 3.84. The van der Waals surface area contributed by atoms with Crippen molar-refractivity contribution in [3.8, 4) is 0 Å². The Morgan fingerprint density at radius 3 is 2.29 bits per heavy atom. The lowest BCUT2D eigenvalue weighted by Gasteiger charge is -2.14. The van der Waals surface area contributed by atoms with Gasteiger partial charge < -0.3 is 4.74 Å². The van der Waals surface area contributed by atoms with Gasteiger partial charge in [0.25, 0.3) is 0 Å². The van der Waals surface area contributed by atoms with Gasteiger partial charge in [0, 0.05) is 5.88 Å². The van der Waals surface area contributed by atoms with Crippen molar-refractivity contribution in [3.63, 3.8) is 0 Å². The molecule has 0 saturated heterocycles. The van der Waals surface area contributed by atoms with E-state index in [4.69, 9.17) is 16.3 Å². The summed E-state index contributed by atoms with van der Waals surface area (Å²) in [6.45, 7) is 0.426. The van der Waals surface area contributed by atoms with E-state index in [0.29, 0.717) is 18.1 Å². The van der Waals surface area contributed by atoms with Crippen molar-refractivity contribution in [2.24, 2.45) is 0 Å². The van der Waals surface area contributed by atoms with E-state index >= 15 is 0 Å². The molecule has 0 radical (unpaired) electrons. The Hall–Kier alpha value is -3.10. The molecule has 0 spiro atoms. The maximum absolute atomic E-state index is 12.2. The van der Waals surface area contributed by atoms with Crippen molar-refractivity contribution in [3.05, 3.63) is 95.6 Å². The first-order valence-corrected chi connectivity index (χ1v) is 11.3. The topological polar surface area (TPSA) is 26.3 Å². The molecule has 0 N–H and O–H groups in total. The van der Waals surface area contributed by atoms with Crippen LogP contribution in [0.3, 0.4) is 0 Å². The van der Waals surface area contributed by atoms with Gasteiger partial charge in [-0.05, 0) is 74.8 Å². The first-order chi connectivity index (χ1) is 15.2. The van der Waals surface area contributed by atoms with E-state index in [1.54, 1.807) is 12.1 Å². The molecular weight excluding hydrogens is 404 g/mol. The van der Waals surface area contributed by atoms with Crippen LogP contribution in [-0.4, -0.2) is 12.6 Å². The van der Waals surface area contributed by atoms with Crippen LogP contribution in [0.25, 0.3) is 32.3 Å². The zero-order valence-electron chi connectivity index (χ0n) is 17.2. The van der Waals surface area contributed by atoms with Crippen LogP contribution in [0.15, 0.2) is 78.9 Å². The van der Waals surface area contributed by atoms with Crippen molar-refractivity contribution in [2.75, 3.05) is 6.61 Å². The van der Waals surface area contributed by atoms with E-state index in [0.717, 1.165) is 24.8 Å². The smallest absolute Gasteiger partial charge is 0.338 e. The molecule has 0 amide bonds. The number of aryl methyl sites for hydroxylation is 1. The number of carbonyl (C=O) groups is 1. The Morgan fingerprint density at radius 1 is 0.774 bits per heavy atom. The van der Waals surface area contributed by atoms with Crippen molar-refractivity contribution >= 4 is 49.9 Å². The van der Waals surface area contributed by atoms with E-state index in [1.165, 1.54) is 37.9 Å². The summed E-state index contributed by atoms with van der Waals surface area (Å²) >= 11 is 5.85. The minimum absolute atomic E-state index is 0.283. The third-order valence-electron chi connectivity index (χ3n) is 6.01. The molecule has 31 heavy (non-hydrogen) atoms. The fourth-order valence-electron chi connectivity index (χ4n) is 4.46. The number of hydrogen-bond donors (Lipinski definition) is 0. The second kappa shape index (κ2) is 8.56. The summed E-state index contributed by atoms with van der Waals surface area (Å²) < 4.78 is 5.46. The number of ether oxygens (including phenoxy) is 1. The van der Waals surface area contributed by atoms with Crippen molar-refractivity contribution in [2.45, 2.75) is 25.1 Å². The highest BCUT2D eigenvalue weighted by Gasteiger charge is 2.11. The van der Waals surface area contributed by atoms with E-state index in [2.05, 4.69) is 54.6 Å². The van der Waals surface area contributed by atoms with Gasteiger partial charge in [-0.1, -0.05) is 66.7 Å². The molecule has 2 nitrogen and oxygen atoms in total.